The van der Waals surface area contributed by atoms with Gasteiger partial charge >= 0.3 is 0 Å². The molecule has 23 heavy (non-hydrogen) atoms. The molecule has 0 heterocycles. The van der Waals surface area contributed by atoms with Gasteiger partial charge in [0.15, 0.2) is 6.10 Å². The van der Waals surface area contributed by atoms with E-state index in [0.717, 1.165) is 17.1 Å². The third-order valence-corrected chi connectivity index (χ3v) is 4.50. The van der Waals surface area contributed by atoms with E-state index in [2.05, 4.69) is 36.5 Å². The van der Waals surface area contributed by atoms with E-state index >= 15 is 0 Å². The van der Waals surface area contributed by atoms with Gasteiger partial charge in [-0.2, -0.15) is 11.8 Å². The Hall–Kier alpha value is -1.78. The van der Waals surface area contributed by atoms with Gasteiger partial charge < -0.3 is 10.1 Å². The second kappa shape index (κ2) is 9.38. The van der Waals surface area contributed by atoms with Gasteiger partial charge in [-0.1, -0.05) is 60.2 Å². The number of hydrogen-bond donors (Lipinski definition) is 1. The molecule has 0 aliphatic heterocycles. The molecule has 0 unspecified atom stereocenters. The fourth-order valence-corrected chi connectivity index (χ4v) is 3.16. The highest BCUT2D eigenvalue weighted by Crippen LogP contribution is 2.16. The summed E-state index contributed by atoms with van der Waals surface area (Å²) in [5, 5.41) is 2.95. The molecule has 0 aromatic heterocycles. The molecule has 2 aromatic rings. The molecule has 0 aliphatic carbocycles. The van der Waals surface area contributed by atoms with Crippen molar-refractivity contribution in [3.8, 4) is 0 Å². The number of benzene rings is 2. The molecule has 1 N–H and O–H groups in total. The Morgan fingerprint density at radius 1 is 1.17 bits per heavy atom. The van der Waals surface area contributed by atoms with Crippen molar-refractivity contribution in [2.75, 3.05) is 19.4 Å². The molecule has 0 aliphatic rings. The molecule has 2 rings (SSSR count). The Morgan fingerprint density at radius 2 is 1.96 bits per heavy atom. The number of ether oxygens (including phenoxy) is 1. The van der Waals surface area contributed by atoms with Crippen molar-refractivity contribution >= 4 is 17.7 Å². The zero-order chi connectivity index (χ0) is 16.5. The summed E-state index contributed by atoms with van der Waals surface area (Å²) in [5.74, 6) is 1.75. The number of amides is 1. The van der Waals surface area contributed by atoms with Gasteiger partial charge in [0.05, 0.1) is 0 Å². The number of carbonyl (C=O) groups excluding carboxylic acids is 1. The van der Waals surface area contributed by atoms with E-state index in [1.165, 1.54) is 11.1 Å². The minimum atomic E-state index is -0.544. The highest BCUT2D eigenvalue weighted by Gasteiger charge is 2.18. The summed E-state index contributed by atoms with van der Waals surface area (Å²) < 4.78 is 5.32. The van der Waals surface area contributed by atoms with Crippen LogP contribution in [0.4, 0.5) is 0 Å². The molecule has 0 saturated carbocycles. The highest BCUT2D eigenvalue weighted by molar-refractivity contribution is 7.98. The van der Waals surface area contributed by atoms with Crippen molar-refractivity contribution in [1.82, 2.24) is 5.32 Å². The van der Waals surface area contributed by atoms with Gasteiger partial charge in [-0.05, 0) is 18.1 Å². The average molecular weight is 329 g/mol. The fraction of sp³-hybridized carbons (Fsp3) is 0.316. The van der Waals surface area contributed by atoms with Gasteiger partial charge in [0, 0.05) is 25.2 Å². The van der Waals surface area contributed by atoms with Crippen molar-refractivity contribution in [3.05, 3.63) is 71.3 Å². The van der Waals surface area contributed by atoms with Crippen molar-refractivity contribution in [1.29, 1.82) is 0 Å². The second-order valence-electron chi connectivity index (χ2n) is 5.36. The Labute approximate surface area is 142 Å². The normalized spacial score (nSPS) is 11.9. The van der Waals surface area contributed by atoms with Crippen molar-refractivity contribution in [2.24, 2.45) is 0 Å². The van der Waals surface area contributed by atoms with E-state index in [-0.39, 0.29) is 5.91 Å². The lowest BCUT2D eigenvalue weighted by Crippen LogP contribution is -2.32. The van der Waals surface area contributed by atoms with Crippen LogP contribution in [0.2, 0.25) is 0 Å². The van der Waals surface area contributed by atoms with Gasteiger partial charge in [0.2, 0.25) is 0 Å². The second-order valence-corrected chi connectivity index (χ2v) is 6.46. The number of carbonyl (C=O) groups is 1. The molecule has 0 bridgehead atoms. The summed E-state index contributed by atoms with van der Waals surface area (Å²) >= 11 is 1.82. The summed E-state index contributed by atoms with van der Waals surface area (Å²) in [6.07, 6.45) is -0.544. The molecule has 2 aromatic carbocycles. The predicted octanol–water partition coefficient (Wildman–Crippen LogP) is 3.73. The number of rotatable bonds is 8. The number of hydrogen-bond acceptors (Lipinski definition) is 3. The molecule has 1 atom stereocenters. The monoisotopic (exact) mass is 329 g/mol. The van der Waals surface area contributed by atoms with Crippen LogP contribution in [0.15, 0.2) is 54.6 Å². The van der Waals surface area contributed by atoms with E-state index < -0.39 is 6.10 Å². The first-order chi connectivity index (χ1) is 11.2. The predicted molar refractivity (Wildman–Crippen MR) is 96.5 cm³/mol. The molecule has 4 heteroatoms. The Kier molecular flexibility index (Phi) is 7.17. The van der Waals surface area contributed by atoms with E-state index in [1.54, 1.807) is 7.11 Å². The van der Waals surface area contributed by atoms with E-state index in [0.29, 0.717) is 6.54 Å². The molecule has 122 valence electrons. The maximum absolute atomic E-state index is 12.2. The lowest BCUT2D eigenvalue weighted by Gasteiger charge is -2.15. The zero-order valence-electron chi connectivity index (χ0n) is 13.6. The van der Waals surface area contributed by atoms with Crippen LogP contribution in [0.3, 0.4) is 0 Å². The van der Waals surface area contributed by atoms with Gasteiger partial charge in [-0.15, -0.1) is 0 Å². The molecule has 3 nitrogen and oxygen atoms in total. The first-order valence-electron chi connectivity index (χ1n) is 7.69. The number of aryl methyl sites for hydroxylation is 1. The Bertz CT molecular complexity index is 616. The van der Waals surface area contributed by atoms with Crippen molar-refractivity contribution < 1.29 is 9.53 Å². The number of thioether (sulfide) groups is 1. The van der Waals surface area contributed by atoms with Crippen LogP contribution < -0.4 is 5.32 Å². The fourth-order valence-electron chi connectivity index (χ4n) is 2.35. The summed E-state index contributed by atoms with van der Waals surface area (Å²) in [7, 11) is 1.56. The standard InChI is InChI=1S/C19H23NO2S/c1-15-7-6-8-16(13-15)14-23-12-11-20-19(21)18(22-2)17-9-4-3-5-10-17/h3-10,13,18H,11-12,14H2,1-2H3,(H,20,21)/t18-/m0/s1. The van der Waals surface area contributed by atoms with Crippen LogP contribution in [0.5, 0.6) is 0 Å². The van der Waals surface area contributed by atoms with Gasteiger partial charge in [0.25, 0.3) is 5.91 Å². The van der Waals surface area contributed by atoms with Crippen molar-refractivity contribution in [2.45, 2.75) is 18.8 Å². The quantitative estimate of drug-likeness (QED) is 0.750. The minimum absolute atomic E-state index is 0.0881. The molecule has 0 spiro atoms. The van der Waals surface area contributed by atoms with Crippen molar-refractivity contribution in [3.63, 3.8) is 0 Å². The van der Waals surface area contributed by atoms with E-state index in [1.807, 2.05) is 42.1 Å². The first-order valence-corrected chi connectivity index (χ1v) is 8.85. The van der Waals surface area contributed by atoms with Gasteiger partial charge in [-0.25, -0.2) is 0 Å². The first kappa shape index (κ1) is 17.6. The van der Waals surface area contributed by atoms with E-state index in [4.69, 9.17) is 4.74 Å². The zero-order valence-corrected chi connectivity index (χ0v) is 14.4. The number of nitrogens with one attached hydrogen (secondary N) is 1. The molecule has 0 fully saturated rings. The number of methoxy groups -OCH3 is 1. The van der Waals surface area contributed by atoms with E-state index in [9.17, 15) is 4.79 Å². The van der Waals surface area contributed by atoms with Crippen LogP contribution in [-0.2, 0) is 15.3 Å². The smallest absolute Gasteiger partial charge is 0.253 e. The summed E-state index contributed by atoms with van der Waals surface area (Å²) in [5.41, 5.74) is 3.47. The van der Waals surface area contributed by atoms with Gasteiger partial charge in [-0.3, -0.25) is 4.79 Å². The van der Waals surface area contributed by atoms with Crippen LogP contribution in [0, 0.1) is 6.92 Å². The largest absolute Gasteiger partial charge is 0.367 e. The Balaban J connectivity index is 1.72. The summed E-state index contributed by atoms with van der Waals surface area (Å²) in [6, 6.07) is 18.1. The maximum Gasteiger partial charge on any atom is 0.253 e. The van der Waals surface area contributed by atoms with Crippen LogP contribution >= 0.6 is 11.8 Å². The van der Waals surface area contributed by atoms with Crippen LogP contribution in [0.25, 0.3) is 0 Å². The maximum atomic E-state index is 12.2. The molecule has 0 radical (unpaired) electrons. The summed E-state index contributed by atoms with van der Waals surface area (Å²) in [4.78, 5) is 12.2. The molecular weight excluding hydrogens is 306 g/mol. The minimum Gasteiger partial charge on any atom is -0.367 e. The Morgan fingerprint density at radius 3 is 2.65 bits per heavy atom. The molecule has 0 saturated heterocycles. The molecule has 1 amide bonds. The topological polar surface area (TPSA) is 38.3 Å². The summed E-state index contributed by atoms with van der Waals surface area (Å²) in [6.45, 7) is 2.74. The average Bonchev–Trinajstić information content (AvgIpc) is 2.56. The SMILES string of the molecule is CO[C@H](C(=O)NCCSCc1cccc(C)c1)c1ccccc1. The highest BCUT2D eigenvalue weighted by atomic mass is 32.2. The lowest BCUT2D eigenvalue weighted by atomic mass is 10.1. The third-order valence-electron chi connectivity index (χ3n) is 3.47. The molecular formula is C19H23NO2S. The van der Waals surface area contributed by atoms with Crippen LogP contribution in [0.1, 0.15) is 22.8 Å². The van der Waals surface area contributed by atoms with Crippen LogP contribution in [-0.4, -0.2) is 25.3 Å². The lowest BCUT2D eigenvalue weighted by molar-refractivity contribution is -0.131. The third kappa shape index (κ3) is 5.73. The van der Waals surface area contributed by atoms with Gasteiger partial charge in [0.1, 0.15) is 0 Å².